The van der Waals surface area contributed by atoms with E-state index in [9.17, 15) is 4.79 Å². The number of rotatable bonds is 2. The van der Waals surface area contributed by atoms with Gasteiger partial charge < -0.3 is 15.1 Å². The van der Waals surface area contributed by atoms with Gasteiger partial charge in [-0.15, -0.1) is 0 Å². The molecule has 2 saturated carbocycles. The van der Waals surface area contributed by atoms with Crippen LogP contribution in [0.3, 0.4) is 0 Å². The van der Waals surface area contributed by atoms with E-state index in [2.05, 4.69) is 112 Å². The molecule has 2 atom stereocenters. The summed E-state index contributed by atoms with van der Waals surface area (Å²) in [5.41, 5.74) is 1.07. The molecule has 4 rings (SSSR count). The van der Waals surface area contributed by atoms with Crippen LogP contribution in [0.2, 0.25) is 0 Å². The van der Waals surface area contributed by atoms with Gasteiger partial charge in [0, 0.05) is 19.1 Å². The van der Waals surface area contributed by atoms with Crippen LogP contribution < -0.4 is 0 Å². The molecule has 2 aliphatic heterocycles. The molecule has 4 aliphatic rings. The van der Waals surface area contributed by atoms with E-state index in [-0.39, 0.29) is 11.0 Å². The first-order valence-electron chi connectivity index (χ1n) is 8.97. The summed E-state index contributed by atoms with van der Waals surface area (Å²) in [6, 6.07) is 0.250. The van der Waals surface area contributed by atoms with Gasteiger partial charge in [0.15, 0.2) is 0 Å². The zero-order valence-corrected chi connectivity index (χ0v) is 29.6. The van der Waals surface area contributed by atoms with E-state index >= 15 is 0 Å². The predicted molar refractivity (Wildman–Crippen MR) is 150 cm³/mol. The quantitative estimate of drug-likeness (QED) is 0.362. The molecule has 0 unspecified atom stereocenters. The minimum atomic E-state index is -0.656. The molecule has 0 bridgehead atoms. The fraction of sp³-hybridized carbons (Fsp3) is 0.938. The van der Waals surface area contributed by atoms with Gasteiger partial charge >= 0.3 is 120 Å². The number of likely N-dealkylation sites (tertiary alicyclic amines) is 2. The molecule has 2 spiro atoms. The summed E-state index contributed by atoms with van der Waals surface area (Å²) in [6.07, 6.45) is 7.38. The standard InChI is InChI=1S/C8H13NO2.C8H15NO.5HI.2V/c1-9-5-8(2-3-8)4-6(9)7(10)11;1-9-6-8(2-3-8)4-7(9)5-10;;;;;;;/h6H,2-5H2,1H3,(H,10,11);7,10H,2-6H2,1H3;5*1H;;/q;;;;;;;+2;+3/p-5/t6-;7-;;;;;;;/m00......./s1. The van der Waals surface area contributed by atoms with Crippen molar-refractivity contribution >= 4 is 106 Å². The van der Waals surface area contributed by atoms with Crippen molar-refractivity contribution in [3.8, 4) is 0 Å². The number of carbonyl (C=O) groups is 1. The fourth-order valence-corrected chi connectivity index (χ4v) is 4.21. The number of hydrogen-bond acceptors (Lipinski definition) is 4. The number of carboxylic acid groups (broad SMARTS) is 1. The van der Waals surface area contributed by atoms with Crippen LogP contribution in [0, 0.1) is 10.8 Å². The van der Waals surface area contributed by atoms with E-state index in [4.69, 9.17) is 10.2 Å². The molecule has 2 saturated heterocycles. The van der Waals surface area contributed by atoms with Crippen LogP contribution in [0.25, 0.3) is 0 Å². The molecule has 0 aromatic heterocycles. The molecule has 5 nitrogen and oxygen atoms in total. The Balaban J connectivity index is 0.000000213. The van der Waals surface area contributed by atoms with Gasteiger partial charge in [-0.1, -0.05) is 0 Å². The van der Waals surface area contributed by atoms with Crippen LogP contribution in [0.5, 0.6) is 0 Å². The van der Waals surface area contributed by atoms with Crippen molar-refractivity contribution in [3.63, 3.8) is 0 Å². The topological polar surface area (TPSA) is 64.0 Å². The Bertz CT molecular complexity index is 496. The van der Waals surface area contributed by atoms with E-state index in [0.29, 0.717) is 32.9 Å². The number of nitrogens with zero attached hydrogens (tertiary/aromatic N) is 2. The molecule has 4 fully saturated rings. The molecule has 0 amide bonds. The normalized spacial score (nSPS) is 28.6. The Morgan fingerprint density at radius 1 is 1.04 bits per heavy atom. The summed E-state index contributed by atoms with van der Waals surface area (Å²) in [6.45, 7) is 2.56. The molecule has 28 heavy (non-hydrogen) atoms. The zero-order chi connectivity index (χ0) is 21.5. The average Bonchev–Trinajstić information content (AvgIpc) is 3.44. The first kappa shape index (κ1) is 30.2. The zero-order valence-electron chi connectivity index (χ0n) is 16.0. The Hall–Kier alpha value is 4.17. The van der Waals surface area contributed by atoms with Gasteiger partial charge in [0.1, 0.15) is 6.04 Å². The molecule has 2 N–H and O–H groups in total. The molecular formula is C16H28I5N2O3V2. The van der Waals surface area contributed by atoms with Crippen LogP contribution in [0.15, 0.2) is 0 Å². The summed E-state index contributed by atoms with van der Waals surface area (Å²) in [7, 11) is 4.66. The summed E-state index contributed by atoms with van der Waals surface area (Å²) in [5, 5.41) is 17.8. The maximum absolute atomic E-state index is 10.7. The molecule has 12 heteroatoms. The van der Waals surface area contributed by atoms with Crippen molar-refractivity contribution in [2.24, 2.45) is 10.8 Å². The van der Waals surface area contributed by atoms with Crippen molar-refractivity contribution in [2.75, 3.05) is 33.8 Å². The van der Waals surface area contributed by atoms with E-state index in [1.165, 1.54) is 38.6 Å². The third-order valence-electron chi connectivity index (χ3n) is 6.03. The fourth-order valence-electron chi connectivity index (χ4n) is 4.21. The van der Waals surface area contributed by atoms with Gasteiger partial charge in [0.05, 0.1) is 6.61 Å². The first-order chi connectivity index (χ1) is 13.0. The van der Waals surface area contributed by atoms with Gasteiger partial charge in [-0.2, -0.15) is 0 Å². The third-order valence-corrected chi connectivity index (χ3v) is 6.03. The van der Waals surface area contributed by atoms with Crippen LogP contribution in [0.1, 0.15) is 38.5 Å². The van der Waals surface area contributed by atoms with Crippen molar-refractivity contribution in [1.82, 2.24) is 9.80 Å². The Morgan fingerprint density at radius 3 is 1.64 bits per heavy atom. The second-order valence-electron chi connectivity index (χ2n) is 8.18. The van der Waals surface area contributed by atoms with Gasteiger partial charge in [-0.3, -0.25) is 9.69 Å². The van der Waals surface area contributed by atoms with Gasteiger partial charge in [0.2, 0.25) is 0 Å². The van der Waals surface area contributed by atoms with E-state index in [1.807, 2.05) is 11.9 Å². The molecular weight excluding hydrogens is 1000 g/mol. The van der Waals surface area contributed by atoms with Gasteiger partial charge in [0.25, 0.3) is 0 Å². The van der Waals surface area contributed by atoms with Crippen molar-refractivity contribution in [1.29, 1.82) is 0 Å². The number of aliphatic hydroxyl groups excluding tert-OH is 1. The van der Waals surface area contributed by atoms with Crippen LogP contribution in [0.4, 0.5) is 0 Å². The molecule has 0 aromatic rings. The van der Waals surface area contributed by atoms with Gasteiger partial charge in [-0.25, -0.2) is 0 Å². The second kappa shape index (κ2) is 14.5. The van der Waals surface area contributed by atoms with Crippen LogP contribution in [-0.2, 0) is 19.2 Å². The number of aliphatic hydroxyl groups is 1. The summed E-state index contributed by atoms with van der Waals surface area (Å²) in [5.74, 6) is -0.656. The third kappa shape index (κ3) is 11.1. The monoisotopic (exact) mass is 1030 g/mol. The molecule has 0 radical (unpaired) electrons. The predicted octanol–water partition coefficient (Wildman–Crippen LogP) is 5.44. The summed E-state index contributed by atoms with van der Waals surface area (Å²) in [4.78, 5) is 14.7. The first-order valence-corrected chi connectivity index (χ1v) is 31.5. The van der Waals surface area contributed by atoms with Crippen molar-refractivity contribution < 1.29 is 29.4 Å². The minimum absolute atomic E-state index is 0.211. The SMILES string of the molecule is CN1CC2(CC2)C[C@H]1C(=O)O.CN1CC2(CC2)C[C@H]1CO.[I][V]([I])[I].[I][V][I]. The Morgan fingerprint density at radius 2 is 1.43 bits per heavy atom. The second-order valence-corrected chi connectivity index (χ2v) is 55.3. The average molecular weight is 1030 g/mol. The number of hydrogen-bond donors (Lipinski definition) is 2. The number of halogens is 5. The van der Waals surface area contributed by atoms with Crippen molar-refractivity contribution in [2.45, 2.75) is 50.6 Å². The van der Waals surface area contributed by atoms with Crippen LogP contribution in [-0.4, -0.2) is 71.9 Å². The van der Waals surface area contributed by atoms with Crippen molar-refractivity contribution in [3.05, 3.63) is 0 Å². The molecule has 2 heterocycles. The summed E-state index contributed by atoms with van der Waals surface area (Å²) >= 11 is 12.1. The summed E-state index contributed by atoms with van der Waals surface area (Å²) < 4.78 is 0. The van der Waals surface area contributed by atoms with Crippen LogP contribution >= 0.6 is 99.9 Å². The van der Waals surface area contributed by atoms with Gasteiger partial charge in [-0.05, 0) is 63.5 Å². The number of carboxylic acids is 1. The van der Waals surface area contributed by atoms with E-state index in [0.717, 1.165) is 13.0 Å². The van der Waals surface area contributed by atoms with E-state index in [1.54, 1.807) is 0 Å². The molecule has 0 aromatic carbocycles. The molecule has 2 aliphatic carbocycles. The molecule has 165 valence electrons. The van der Waals surface area contributed by atoms with E-state index < -0.39 is 5.97 Å². The number of aliphatic carboxylic acids is 1. The number of likely N-dealkylation sites (N-methyl/N-ethyl adjacent to an activating group) is 2. The maximum atomic E-state index is 10.7. The Labute approximate surface area is 235 Å². The Kier molecular flexibility index (Phi) is 15.7.